The van der Waals surface area contributed by atoms with Gasteiger partial charge in [-0.3, -0.25) is 0 Å². The van der Waals surface area contributed by atoms with Gasteiger partial charge in [-0.2, -0.15) is 0 Å². The molecule has 2 fully saturated rings. The molecule has 2 bridgehead atoms. The monoisotopic (exact) mass is 390 g/mol. The van der Waals surface area contributed by atoms with Gasteiger partial charge in [0.05, 0.1) is 24.4 Å². The second-order valence-corrected chi connectivity index (χ2v) is 7.49. The lowest BCUT2D eigenvalue weighted by molar-refractivity contribution is -0.0732. The van der Waals surface area contributed by atoms with Gasteiger partial charge in [0, 0.05) is 16.1 Å². The van der Waals surface area contributed by atoms with Crippen LogP contribution in [0.4, 0.5) is 0 Å². The lowest BCUT2D eigenvalue weighted by Crippen LogP contribution is -2.36. The topological polar surface area (TPSA) is 18.5 Å². The second kappa shape index (κ2) is 7.26. The zero-order valence-electron chi connectivity index (χ0n) is 11.1. The van der Waals surface area contributed by atoms with E-state index in [2.05, 4.69) is 44.7 Å². The number of terminal acetylenes is 1. The first kappa shape index (κ1) is 15.6. The number of fused-ring (bicyclic) bond motifs is 2. The highest BCUT2D eigenvalue weighted by atomic mass is 79.9. The maximum absolute atomic E-state index is 6.28. The molecule has 19 heavy (non-hydrogen) atoms. The Morgan fingerprint density at radius 3 is 2.84 bits per heavy atom. The summed E-state index contributed by atoms with van der Waals surface area (Å²) in [5.74, 6) is 2.51. The van der Waals surface area contributed by atoms with Crippen molar-refractivity contribution in [2.24, 2.45) is 0 Å². The molecule has 2 saturated heterocycles. The fourth-order valence-corrected chi connectivity index (χ4v) is 3.80. The predicted molar refractivity (Wildman–Crippen MR) is 84.9 cm³/mol. The van der Waals surface area contributed by atoms with Crippen molar-refractivity contribution in [1.29, 1.82) is 0 Å². The average molecular weight is 392 g/mol. The molecule has 2 rings (SSSR count). The summed E-state index contributed by atoms with van der Waals surface area (Å²) < 4.78 is 12.4. The average Bonchev–Trinajstić information content (AvgIpc) is 2.72. The first-order chi connectivity index (χ1) is 9.15. The van der Waals surface area contributed by atoms with E-state index in [9.17, 15) is 0 Å². The van der Waals surface area contributed by atoms with Crippen molar-refractivity contribution in [2.75, 3.05) is 0 Å². The molecule has 4 heteroatoms. The van der Waals surface area contributed by atoms with Gasteiger partial charge >= 0.3 is 0 Å². The Hall–Kier alpha value is 0.180. The minimum absolute atomic E-state index is 0.133. The van der Waals surface area contributed by atoms with Crippen molar-refractivity contribution < 1.29 is 9.47 Å². The van der Waals surface area contributed by atoms with Crippen molar-refractivity contribution >= 4 is 31.9 Å². The summed E-state index contributed by atoms with van der Waals surface area (Å²) in [5.41, 5.74) is 0. The Labute approximate surface area is 132 Å². The van der Waals surface area contributed by atoms with Crippen LogP contribution in [0.3, 0.4) is 0 Å². The molecule has 1 unspecified atom stereocenters. The van der Waals surface area contributed by atoms with Gasteiger partial charge in [0.15, 0.2) is 0 Å². The Bertz CT molecular complexity index is 364. The maximum Gasteiger partial charge on any atom is 0.0876 e. The van der Waals surface area contributed by atoms with E-state index < -0.39 is 0 Å². The van der Waals surface area contributed by atoms with Gasteiger partial charge in [0.2, 0.25) is 0 Å². The summed E-state index contributed by atoms with van der Waals surface area (Å²) in [6.07, 6.45) is 13.7. The third-order valence-electron chi connectivity index (χ3n) is 3.82. The molecular weight excluding hydrogens is 372 g/mol. The second-order valence-electron chi connectivity index (χ2n) is 5.14. The summed E-state index contributed by atoms with van der Waals surface area (Å²) in [7, 11) is 0. The van der Waals surface area contributed by atoms with Crippen LogP contribution in [-0.2, 0) is 9.47 Å². The van der Waals surface area contributed by atoms with Crippen molar-refractivity contribution in [1.82, 2.24) is 0 Å². The largest absolute Gasteiger partial charge is 0.371 e. The minimum Gasteiger partial charge on any atom is -0.371 e. The van der Waals surface area contributed by atoms with Crippen LogP contribution in [0, 0.1) is 12.3 Å². The Morgan fingerprint density at radius 2 is 2.16 bits per heavy atom. The third kappa shape index (κ3) is 3.85. The van der Waals surface area contributed by atoms with Crippen LogP contribution in [0.5, 0.6) is 0 Å². The molecule has 6 atom stereocenters. The highest BCUT2D eigenvalue weighted by Gasteiger charge is 2.44. The molecule has 0 aromatic heterocycles. The molecule has 0 saturated carbocycles. The molecular formula is C15H20Br2O2. The highest BCUT2D eigenvalue weighted by Crippen LogP contribution is 2.38. The van der Waals surface area contributed by atoms with Gasteiger partial charge in [-0.25, -0.2) is 0 Å². The Kier molecular flexibility index (Phi) is 5.95. The molecule has 2 aliphatic heterocycles. The van der Waals surface area contributed by atoms with Crippen LogP contribution in [0.2, 0.25) is 0 Å². The zero-order chi connectivity index (χ0) is 13.8. The first-order valence-electron chi connectivity index (χ1n) is 6.85. The molecule has 0 spiro atoms. The summed E-state index contributed by atoms with van der Waals surface area (Å²) in [5, 5.41) is 0. The number of allylic oxidation sites excluding steroid dienone is 1. The number of ether oxygens (including phenoxy) is 2. The van der Waals surface area contributed by atoms with Crippen LogP contribution < -0.4 is 0 Å². The van der Waals surface area contributed by atoms with E-state index in [1.807, 2.05) is 6.08 Å². The summed E-state index contributed by atoms with van der Waals surface area (Å²) in [6.45, 7) is 2.18. The van der Waals surface area contributed by atoms with Crippen LogP contribution in [-0.4, -0.2) is 34.1 Å². The van der Waals surface area contributed by atoms with Gasteiger partial charge in [-0.05, 0) is 25.3 Å². The highest BCUT2D eigenvalue weighted by molar-refractivity contribution is 9.09. The standard InChI is InChI=1S/C15H20Br2O2/c1-3-5-6-7-12-15-9-14(18-12)11(17)8-13(19-15)10(16)4-2/h1,5-6,10-15H,4,7-9H2,2H3/b6-5-/t10-,11+,12?,13+,14+,15+/m0/s1. The zero-order valence-corrected chi connectivity index (χ0v) is 14.3. The van der Waals surface area contributed by atoms with E-state index >= 15 is 0 Å². The molecule has 0 aromatic carbocycles. The van der Waals surface area contributed by atoms with Gasteiger partial charge < -0.3 is 9.47 Å². The van der Waals surface area contributed by atoms with Crippen molar-refractivity contribution in [2.45, 2.75) is 66.7 Å². The van der Waals surface area contributed by atoms with Gasteiger partial charge in [-0.15, -0.1) is 6.42 Å². The number of alkyl halides is 2. The molecule has 0 radical (unpaired) electrons. The number of hydrogen-bond acceptors (Lipinski definition) is 2. The number of halogens is 2. The molecule has 0 aromatic rings. The minimum atomic E-state index is 0.133. The molecule has 0 amide bonds. The van der Waals surface area contributed by atoms with E-state index in [4.69, 9.17) is 15.9 Å². The lowest BCUT2D eigenvalue weighted by atomic mass is 10.1. The predicted octanol–water partition coefficient (Wildman–Crippen LogP) is 3.82. The van der Waals surface area contributed by atoms with Crippen LogP contribution in [0.15, 0.2) is 12.2 Å². The fraction of sp³-hybridized carbons (Fsp3) is 0.733. The maximum atomic E-state index is 6.28. The van der Waals surface area contributed by atoms with Crippen molar-refractivity contribution in [3.8, 4) is 12.3 Å². The van der Waals surface area contributed by atoms with Crippen LogP contribution in [0.1, 0.15) is 32.6 Å². The normalized spacial score (nSPS) is 40.0. The quantitative estimate of drug-likeness (QED) is 0.535. The van der Waals surface area contributed by atoms with E-state index in [1.165, 1.54) is 0 Å². The van der Waals surface area contributed by atoms with Gasteiger partial charge in [0.25, 0.3) is 0 Å². The van der Waals surface area contributed by atoms with E-state index in [0.29, 0.717) is 9.65 Å². The van der Waals surface area contributed by atoms with Crippen LogP contribution >= 0.6 is 31.9 Å². The molecule has 0 N–H and O–H groups in total. The number of rotatable bonds is 4. The SMILES string of the molecule is C#C/C=C\CC1O[C@@H]2C[C@H]1O[C@@H]([C@@H](Br)CC)C[C@H]2Br. The fourth-order valence-electron chi connectivity index (χ4n) is 2.75. The van der Waals surface area contributed by atoms with Gasteiger partial charge in [-0.1, -0.05) is 50.8 Å². The molecule has 2 aliphatic rings. The van der Waals surface area contributed by atoms with Crippen molar-refractivity contribution in [3.05, 3.63) is 12.2 Å². The van der Waals surface area contributed by atoms with E-state index in [1.54, 1.807) is 6.08 Å². The summed E-state index contributed by atoms with van der Waals surface area (Å²) in [6, 6.07) is 0. The Morgan fingerprint density at radius 1 is 1.37 bits per heavy atom. The molecule has 2 nitrogen and oxygen atoms in total. The van der Waals surface area contributed by atoms with Crippen molar-refractivity contribution in [3.63, 3.8) is 0 Å². The summed E-state index contributed by atoms with van der Waals surface area (Å²) in [4.78, 5) is 0.782. The lowest BCUT2D eigenvalue weighted by Gasteiger charge is -2.30. The Balaban J connectivity index is 2.02. The van der Waals surface area contributed by atoms with E-state index in [-0.39, 0.29) is 24.4 Å². The smallest absolute Gasteiger partial charge is 0.0876 e. The summed E-state index contributed by atoms with van der Waals surface area (Å²) >= 11 is 7.49. The van der Waals surface area contributed by atoms with Crippen LogP contribution in [0.25, 0.3) is 0 Å². The third-order valence-corrected chi connectivity index (χ3v) is 6.02. The van der Waals surface area contributed by atoms with Gasteiger partial charge in [0.1, 0.15) is 0 Å². The first-order valence-corrected chi connectivity index (χ1v) is 8.69. The number of hydrogen-bond donors (Lipinski definition) is 0. The van der Waals surface area contributed by atoms with E-state index in [0.717, 1.165) is 25.7 Å². The molecule has 106 valence electrons. The molecule has 2 heterocycles. The molecule has 0 aliphatic carbocycles.